The van der Waals surface area contributed by atoms with Gasteiger partial charge in [-0.2, -0.15) is 0 Å². The molecule has 1 aliphatic carbocycles. The Hall–Kier alpha value is -1.40. The number of nitrogens with zero attached hydrogens (tertiary/aromatic N) is 3. The summed E-state index contributed by atoms with van der Waals surface area (Å²) in [5, 5.41) is 8.01. The molecule has 0 radical (unpaired) electrons. The highest BCUT2D eigenvalue weighted by atomic mass is 32.2. The zero-order chi connectivity index (χ0) is 15.9. The lowest BCUT2D eigenvalue weighted by Crippen LogP contribution is -2.39. The molecule has 0 saturated heterocycles. The summed E-state index contributed by atoms with van der Waals surface area (Å²) in [6.45, 7) is 0.778. The van der Waals surface area contributed by atoms with Gasteiger partial charge in [0.2, 0.25) is 0 Å². The molecule has 4 aliphatic rings. The van der Waals surface area contributed by atoms with E-state index in [1.54, 1.807) is 11.8 Å². The molecule has 1 saturated carbocycles. The molecule has 0 bridgehead atoms. The predicted octanol–water partition coefficient (Wildman–Crippen LogP) is 4.27. The number of nitrogens with one attached hydrogen (secondary N) is 1. The van der Waals surface area contributed by atoms with Crippen LogP contribution in [0.5, 0.6) is 0 Å². The molecule has 1 unspecified atom stereocenters. The van der Waals surface area contributed by atoms with Gasteiger partial charge in [0.1, 0.15) is 0 Å². The average Bonchev–Trinajstić information content (AvgIpc) is 3.19. The Morgan fingerprint density at radius 3 is 3.17 bits per heavy atom. The quantitative estimate of drug-likeness (QED) is 0.859. The Kier molecular flexibility index (Phi) is 3.82. The van der Waals surface area contributed by atoms with Gasteiger partial charge in [0.05, 0.1) is 18.6 Å². The zero-order valence-electron chi connectivity index (χ0n) is 13.4. The number of rotatable bonds is 2. The van der Waals surface area contributed by atoms with Gasteiger partial charge in [-0.3, -0.25) is 9.98 Å². The van der Waals surface area contributed by atoms with Gasteiger partial charge >= 0.3 is 0 Å². The molecule has 3 heterocycles. The van der Waals surface area contributed by atoms with Crippen LogP contribution in [0.4, 0.5) is 5.69 Å². The Bertz CT molecular complexity index is 755. The van der Waals surface area contributed by atoms with Crippen LogP contribution in [0.2, 0.25) is 0 Å². The van der Waals surface area contributed by atoms with Crippen molar-refractivity contribution in [1.82, 2.24) is 4.90 Å². The molecule has 1 N–H and O–H groups in total. The van der Waals surface area contributed by atoms with Crippen LogP contribution < -0.4 is 5.32 Å². The van der Waals surface area contributed by atoms with E-state index in [1.165, 1.54) is 47.8 Å². The summed E-state index contributed by atoms with van der Waals surface area (Å²) in [5.74, 6) is 0.962. The SMILES string of the molecule is C1=C(CSC2=NCc3ccccc3N2)N2C(=N[C@H]3CCCCC32)S1. The van der Waals surface area contributed by atoms with Crippen molar-refractivity contribution in [1.29, 1.82) is 0 Å². The second kappa shape index (κ2) is 6.15. The number of thioether (sulfide) groups is 2. The fourth-order valence-corrected chi connectivity index (χ4v) is 5.86. The number of benzene rings is 1. The second-order valence-electron chi connectivity index (χ2n) is 6.62. The largest absolute Gasteiger partial charge is 0.335 e. The van der Waals surface area contributed by atoms with Crippen LogP contribution >= 0.6 is 23.5 Å². The van der Waals surface area contributed by atoms with Gasteiger partial charge in [-0.1, -0.05) is 54.6 Å². The number of fused-ring (bicyclic) bond motifs is 4. The molecule has 1 aromatic carbocycles. The standard InChI is InChI=1S/C18H20N4S2/c1-2-6-14-12(5-1)9-19-17(20-14)23-10-13-11-24-18-21-15-7-3-4-8-16(15)22(13)18/h1-2,5-6,11,15-16H,3-4,7-10H2,(H,19,20)/t15-,16?/m0/s1. The minimum atomic E-state index is 0.534. The lowest BCUT2D eigenvalue weighted by atomic mass is 9.91. The van der Waals surface area contributed by atoms with Crippen molar-refractivity contribution in [3.63, 3.8) is 0 Å². The highest BCUT2D eigenvalue weighted by molar-refractivity contribution is 8.17. The third-order valence-electron chi connectivity index (χ3n) is 5.13. The Morgan fingerprint density at radius 1 is 1.25 bits per heavy atom. The maximum absolute atomic E-state index is 4.95. The van der Waals surface area contributed by atoms with Crippen molar-refractivity contribution in [3.8, 4) is 0 Å². The molecular formula is C18H20N4S2. The molecule has 5 rings (SSSR count). The van der Waals surface area contributed by atoms with Crippen LogP contribution in [0.1, 0.15) is 31.2 Å². The summed E-state index contributed by atoms with van der Waals surface area (Å²) in [7, 11) is 0. The van der Waals surface area contributed by atoms with E-state index in [4.69, 9.17) is 4.99 Å². The van der Waals surface area contributed by atoms with E-state index in [2.05, 4.69) is 44.9 Å². The van der Waals surface area contributed by atoms with Gasteiger partial charge < -0.3 is 10.2 Å². The third kappa shape index (κ3) is 2.56. The van der Waals surface area contributed by atoms with E-state index in [0.717, 1.165) is 17.5 Å². The Balaban J connectivity index is 1.25. The average molecular weight is 357 g/mol. The molecule has 6 heteroatoms. The zero-order valence-corrected chi connectivity index (χ0v) is 15.1. The normalized spacial score (nSPS) is 27.5. The van der Waals surface area contributed by atoms with Gasteiger partial charge in [-0.15, -0.1) is 0 Å². The van der Waals surface area contributed by atoms with Crippen molar-refractivity contribution >= 4 is 39.5 Å². The summed E-state index contributed by atoms with van der Waals surface area (Å²) in [4.78, 5) is 12.1. The minimum absolute atomic E-state index is 0.534. The first kappa shape index (κ1) is 14.9. The lowest BCUT2D eigenvalue weighted by molar-refractivity contribution is 0.285. The number of hydrogen-bond donors (Lipinski definition) is 1. The van der Waals surface area contributed by atoms with E-state index < -0.39 is 0 Å². The molecule has 0 aromatic heterocycles. The second-order valence-corrected chi connectivity index (χ2v) is 8.42. The van der Waals surface area contributed by atoms with Crippen molar-refractivity contribution in [3.05, 3.63) is 40.9 Å². The minimum Gasteiger partial charge on any atom is -0.335 e. The molecular weight excluding hydrogens is 336 g/mol. The molecule has 0 amide bonds. The van der Waals surface area contributed by atoms with Crippen LogP contribution in [-0.2, 0) is 6.54 Å². The molecule has 1 aromatic rings. The van der Waals surface area contributed by atoms with Crippen molar-refractivity contribution in [2.24, 2.45) is 9.98 Å². The molecule has 0 spiro atoms. The van der Waals surface area contributed by atoms with Crippen LogP contribution in [0.15, 0.2) is 45.4 Å². The number of aliphatic imine (C=N–C) groups is 2. The summed E-state index contributed by atoms with van der Waals surface area (Å²) in [6.07, 6.45) is 5.23. The predicted molar refractivity (Wildman–Crippen MR) is 105 cm³/mol. The molecule has 2 atom stereocenters. The first-order valence-corrected chi connectivity index (χ1v) is 10.5. The van der Waals surface area contributed by atoms with E-state index in [9.17, 15) is 0 Å². The van der Waals surface area contributed by atoms with Gasteiger partial charge in [0.25, 0.3) is 0 Å². The number of para-hydroxylation sites is 1. The topological polar surface area (TPSA) is 40.0 Å². The van der Waals surface area contributed by atoms with Crippen molar-refractivity contribution < 1.29 is 0 Å². The highest BCUT2D eigenvalue weighted by Crippen LogP contribution is 2.41. The van der Waals surface area contributed by atoms with Crippen LogP contribution in [0.3, 0.4) is 0 Å². The van der Waals surface area contributed by atoms with E-state index in [1.807, 2.05) is 11.8 Å². The van der Waals surface area contributed by atoms with Crippen molar-refractivity contribution in [2.75, 3.05) is 11.1 Å². The first-order valence-electron chi connectivity index (χ1n) is 8.63. The third-order valence-corrected chi connectivity index (χ3v) is 6.97. The smallest absolute Gasteiger partial charge is 0.168 e. The van der Waals surface area contributed by atoms with Crippen LogP contribution in [0.25, 0.3) is 0 Å². The lowest BCUT2D eigenvalue weighted by Gasteiger charge is -2.32. The van der Waals surface area contributed by atoms with Gasteiger partial charge in [-0.25, -0.2) is 0 Å². The van der Waals surface area contributed by atoms with E-state index in [-0.39, 0.29) is 0 Å². The summed E-state index contributed by atoms with van der Waals surface area (Å²) in [5.41, 5.74) is 3.87. The van der Waals surface area contributed by atoms with Gasteiger partial charge in [-0.05, 0) is 29.9 Å². The maximum Gasteiger partial charge on any atom is 0.168 e. The Morgan fingerprint density at radius 2 is 2.17 bits per heavy atom. The van der Waals surface area contributed by atoms with Crippen LogP contribution in [0, 0.1) is 0 Å². The monoisotopic (exact) mass is 356 g/mol. The summed E-state index contributed by atoms with van der Waals surface area (Å²) >= 11 is 3.61. The maximum atomic E-state index is 4.95. The Labute approximate surface area is 150 Å². The number of amidine groups is 2. The van der Waals surface area contributed by atoms with E-state index in [0.29, 0.717) is 12.1 Å². The molecule has 24 heavy (non-hydrogen) atoms. The number of anilines is 1. The summed E-state index contributed by atoms with van der Waals surface area (Å²) < 4.78 is 0. The van der Waals surface area contributed by atoms with E-state index >= 15 is 0 Å². The van der Waals surface area contributed by atoms with Gasteiger partial charge in [0, 0.05) is 17.1 Å². The molecule has 124 valence electrons. The fourth-order valence-electron chi connectivity index (χ4n) is 3.91. The molecule has 4 nitrogen and oxygen atoms in total. The van der Waals surface area contributed by atoms with Gasteiger partial charge in [0.15, 0.2) is 10.3 Å². The molecule has 1 fully saturated rings. The highest BCUT2D eigenvalue weighted by Gasteiger charge is 2.41. The fraction of sp³-hybridized carbons (Fsp3) is 0.444. The first-order chi connectivity index (χ1) is 11.9. The molecule has 3 aliphatic heterocycles. The van der Waals surface area contributed by atoms with Crippen molar-refractivity contribution in [2.45, 2.75) is 44.3 Å². The summed E-state index contributed by atoms with van der Waals surface area (Å²) in [6, 6.07) is 9.56. The number of hydrogen-bond acceptors (Lipinski definition) is 6. The van der Waals surface area contributed by atoms with Crippen LogP contribution in [-0.4, -0.2) is 33.1 Å².